The predicted octanol–water partition coefficient (Wildman–Crippen LogP) is 3.73. The van der Waals surface area contributed by atoms with E-state index in [2.05, 4.69) is 4.98 Å². The highest BCUT2D eigenvalue weighted by Gasteiger charge is 2.16. The van der Waals surface area contributed by atoms with Crippen molar-refractivity contribution in [3.05, 3.63) is 23.8 Å². The molecule has 7 heteroatoms. The summed E-state index contributed by atoms with van der Waals surface area (Å²) in [5.74, 6) is -0.432. The molecule has 0 aliphatic carbocycles. The Balaban J connectivity index is 2.66. The number of hydrogen-bond donors (Lipinski definition) is 0. The SMILES string of the molecule is Cc1nc2c(F)cc(SF)cc2n1CC(F)F. The maximum atomic E-state index is 13.5. The molecule has 1 aromatic heterocycles. The van der Waals surface area contributed by atoms with E-state index in [-0.39, 0.29) is 33.9 Å². The standard InChI is InChI=1S/C10H8F4N2S/c1-5-15-10-7(11)2-6(17-14)3-8(10)16(5)4-9(12)13/h2-3,9H,4H2,1H3. The van der Waals surface area contributed by atoms with Gasteiger partial charge in [-0.2, -0.15) is 3.89 Å². The van der Waals surface area contributed by atoms with Crippen molar-refractivity contribution < 1.29 is 17.1 Å². The molecule has 0 aliphatic rings. The summed E-state index contributed by atoms with van der Waals surface area (Å²) in [5.41, 5.74) is 0.170. The third-order valence-electron chi connectivity index (χ3n) is 2.38. The number of rotatable bonds is 3. The summed E-state index contributed by atoms with van der Waals surface area (Å²) in [7, 11) is 0. The zero-order valence-electron chi connectivity index (χ0n) is 8.75. The Morgan fingerprint density at radius 3 is 2.71 bits per heavy atom. The maximum Gasteiger partial charge on any atom is 0.256 e. The van der Waals surface area contributed by atoms with E-state index in [1.54, 1.807) is 0 Å². The lowest BCUT2D eigenvalue weighted by Crippen LogP contribution is -2.08. The third-order valence-corrected chi connectivity index (χ3v) is 2.80. The first-order chi connectivity index (χ1) is 8.02. The van der Waals surface area contributed by atoms with Gasteiger partial charge in [0.25, 0.3) is 6.43 Å². The number of nitrogens with zero attached hydrogens (tertiary/aromatic N) is 2. The largest absolute Gasteiger partial charge is 0.322 e. The molecule has 0 radical (unpaired) electrons. The second-order valence-corrected chi connectivity index (χ2v) is 4.14. The van der Waals surface area contributed by atoms with Crippen LogP contribution < -0.4 is 0 Å². The quantitative estimate of drug-likeness (QED) is 0.786. The third kappa shape index (κ3) is 2.24. The van der Waals surface area contributed by atoms with E-state index < -0.39 is 18.8 Å². The van der Waals surface area contributed by atoms with E-state index >= 15 is 0 Å². The number of alkyl halides is 2. The molecule has 0 N–H and O–H groups in total. The second kappa shape index (κ2) is 4.56. The Morgan fingerprint density at radius 1 is 1.41 bits per heavy atom. The molecule has 0 saturated carbocycles. The Morgan fingerprint density at radius 2 is 2.12 bits per heavy atom. The topological polar surface area (TPSA) is 17.8 Å². The fourth-order valence-electron chi connectivity index (χ4n) is 1.69. The molecule has 17 heavy (non-hydrogen) atoms. The molecule has 0 saturated heterocycles. The fourth-order valence-corrected chi connectivity index (χ4v) is 1.99. The van der Waals surface area contributed by atoms with Gasteiger partial charge in [0.1, 0.15) is 11.3 Å². The van der Waals surface area contributed by atoms with Gasteiger partial charge in [0, 0.05) is 4.90 Å². The molecule has 2 rings (SSSR count). The van der Waals surface area contributed by atoms with Crippen molar-refractivity contribution in [2.75, 3.05) is 0 Å². The van der Waals surface area contributed by atoms with Gasteiger partial charge >= 0.3 is 0 Å². The lowest BCUT2D eigenvalue weighted by molar-refractivity contribution is 0.127. The minimum atomic E-state index is -2.57. The van der Waals surface area contributed by atoms with Crippen LogP contribution in [-0.4, -0.2) is 16.0 Å². The van der Waals surface area contributed by atoms with Crippen LogP contribution in [0.3, 0.4) is 0 Å². The van der Waals surface area contributed by atoms with E-state index in [0.29, 0.717) is 0 Å². The van der Waals surface area contributed by atoms with E-state index in [0.717, 1.165) is 6.07 Å². The van der Waals surface area contributed by atoms with Crippen LogP contribution in [0.2, 0.25) is 0 Å². The monoisotopic (exact) mass is 264 g/mol. The number of imidazole rings is 1. The summed E-state index contributed by atoms with van der Waals surface area (Å²) < 4.78 is 51.8. The molecule has 0 aliphatic heterocycles. The number of aryl methyl sites for hydroxylation is 1. The number of fused-ring (bicyclic) bond motifs is 1. The van der Waals surface area contributed by atoms with Crippen LogP contribution in [0.4, 0.5) is 17.1 Å². The first-order valence-corrected chi connectivity index (χ1v) is 5.47. The second-order valence-electron chi connectivity index (χ2n) is 3.51. The van der Waals surface area contributed by atoms with Gasteiger partial charge in [0.2, 0.25) is 0 Å². The molecular weight excluding hydrogens is 256 g/mol. The molecule has 2 nitrogen and oxygen atoms in total. The van der Waals surface area contributed by atoms with Gasteiger partial charge in [-0.1, -0.05) is 0 Å². The van der Waals surface area contributed by atoms with Crippen LogP contribution in [0.15, 0.2) is 17.0 Å². The zero-order chi connectivity index (χ0) is 12.6. The lowest BCUT2D eigenvalue weighted by Gasteiger charge is -2.05. The van der Waals surface area contributed by atoms with Crippen molar-refractivity contribution in [1.82, 2.24) is 9.55 Å². The van der Waals surface area contributed by atoms with Gasteiger partial charge in [0.15, 0.2) is 5.82 Å². The lowest BCUT2D eigenvalue weighted by atomic mass is 10.3. The van der Waals surface area contributed by atoms with Crippen LogP contribution >= 0.6 is 12.1 Å². The molecule has 92 valence electrons. The van der Waals surface area contributed by atoms with Crippen LogP contribution in [-0.2, 0) is 6.54 Å². The minimum Gasteiger partial charge on any atom is -0.322 e. The Hall–Kier alpha value is -1.24. The van der Waals surface area contributed by atoms with Gasteiger partial charge in [-0.25, -0.2) is 18.2 Å². The maximum absolute atomic E-state index is 13.5. The fraction of sp³-hybridized carbons (Fsp3) is 0.300. The number of halogens is 4. The van der Waals surface area contributed by atoms with E-state index in [1.807, 2.05) is 0 Å². The summed E-state index contributed by atoms with van der Waals surface area (Å²) in [6.45, 7) is 0.923. The van der Waals surface area contributed by atoms with Crippen molar-refractivity contribution in [2.24, 2.45) is 0 Å². The van der Waals surface area contributed by atoms with Crippen LogP contribution in [0, 0.1) is 12.7 Å². The van der Waals surface area contributed by atoms with Crippen LogP contribution in [0.1, 0.15) is 5.82 Å². The first-order valence-electron chi connectivity index (χ1n) is 4.76. The molecule has 1 aromatic carbocycles. The van der Waals surface area contributed by atoms with E-state index in [1.165, 1.54) is 17.6 Å². The summed E-state index contributed by atoms with van der Waals surface area (Å²) in [5, 5.41) is 0. The van der Waals surface area contributed by atoms with Crippen molar-refractivity contribution >= 4 is 23.2 Å². The van der Waals surface area contributed by atoms with Gasteiger partial charge < -0.3 is 4.57 Å². The summed E-state index contributed by atoms with van der Waals surface area (Å²) >= 11 is -0.134. The molecule has 0 unspecified atom stereocenters. The zero-order valence-corrected chi connectivity index (χ0v) is 9.57. The molecule has 0 bridgehead atoms. The number of benzene rings is 1. The molecule has 0 amide bonds. The van der Waals surface area contributed by atoms with Gasteiger partial charge in [-0.15, -0.1) is 0 Å². The molecule has 2 aromatic rings. The van der Waals surface area contributed by atoms with Gasteiger partial charge in [-0.05, 0) is 19.1 Å². The van der Waals surface area contributed by atoms with Crippen LogP contribution in [0.25, 0.3) is 11.0 Å². The Labute approximate surface area is 98.9 Å². The van der Waals surface area contributed by atoms with Crippen LogP contribution in [0.5, 0.6) is 0 Å². The van der Waals surface area contributed by atoms with Crippen molar-refractivity contribution in [1.29, 1.82) is 0 Å². The molecule has 0 atom stereocenters. The number of aromatic nitrogens is 2. The van der Waals surface area contributed by atoms with E-state index in [4.69, 9.17) is 0 Å². The summed E-state index contributed by atoms with van der Waals surface area (Å²) in [4.78, 5) is 3.90. The molecule has 0 fully saturated rings. The van der Waals surface area contributed by atoms with Crippen molar-refractivity contribution in [3.8, 4) is 0 Å². The smallest absolute Gasteiger partial charge is 0.256 e. The average molecular weight is 264 g/mol. The average Bonchev–Trinajstić information content (AvgIpc) is 2.56. The highest BCUT2D eigenvalue weighted by atomic mass is 32.2. The summed E-state index contributed by atoms with van der Waals surface area (Å²) in [6, 6.07) is 2.30. The minimum absolute atomic E-state index is 0.0130. The molecule has 1 heterocycles. The highest BCUT2D eigenvalue weighted by molar-refractivity contribution is 7.94. The first kappa shape index (κ1) is 12.2. The van der Waals surface area contributed by atoms with Crippen molar-refractivity contribution in [3.63, 3.8) is 0 Å². The van der Waals surface area contributed by atoms with Gasteiger partial charge in [0.05, 0.1) is 24.2 Å². The predicted molar refractivity (Wildman–Crippen MR) is 57.4 cm³/mol. The normalized spacial score (nSPS) is 11.6. The van der Waals surface area contributed by atoms with Gasteiger partial charge in [-0.3, -0.25) is 0 Å². The number of hydrogen-bond acceptors (Lipinski definition) is 2. The summed E-state index contributed by atoms with van der Waals surface area (Å²) in [6.07, 6.45) is -2.57. The Kier molecular flexibility index (Phi) is 3.28. The molecule has 0 spiro atoms. The highest BCUT2D eigenvalue weighted by Crippen LogP contribution is 2.27. The molecular formula is C10H8F4N2S. The van der Waals surface area contributed by atoms with Crippen molar-refractivity contribution in [2.45, 2.75) is 24.8 Å². The van der Waals surface area contributed by atoms with E-state index in [9.17, 15) is 17.1 Å². The Bertz CT molecular complexity index is 553.